The molecule has 0 aliphatic heterocycles. The van der Waals surface area contributed by atoms with Crippen molar-refractivity contribution in [3.8, 4) is 6.07 Å². The van der Waals surface area contributed by atoms with Crippen LogP contribution in [0.4, 0.5) is 0 Å². The number of aromatic nitrogens is 1. The molecular weight excluding hydrogens is 272 g/mol. The lowest BCUT2D eigenvalue weighted by Gasteiger charge is -2.03. The zero-order chi connectivity index (χ0) is 14.1. The Balaban J connectivity index is 1.99. The topological polar surface area (TPSA) is 66.0 Å². The fourth-order valence-electron chi connectivity index (χ4n) is 2.20. The summed E-state index contributed by atoms with van der Waals surface area (Å²) in [4.78, 5) is 12.2. The Morgan fingerprint density at radius 2 is 2.15 bits per heavy atom. The summed E-state index contributed by atoms with van der Waals surface area (Å²) in [6.45, 7) is 0.607. The first-order chi connectivity index (χ1) is 9.69. The number of hydrogen-bond acceptors (Lipinski definition) is 3. The van der Waals surface area contributed by atoms with Crippen molar-refractivity contribution < 1.29 is 9.90 Å². The summed E-state index contributed by atoms with van der Waals surface area (Å²) in [6, 6.07) is 13.1. The number of carboxylic acid groups (broad SMARTS) is 1. The Hall–Kier alpha value is -2.58. The van der Waals surface area contributed by atoms with Crippen molar-refractivity contribution in [3.05, 3.63) is 57.9 Å². The standard InChI is InChI=1S/C15H10N2O2S/c16-8-10-2-1-3-13-12(10)6-7-17(13)9-11-4-5-14(20-11)15(18)19/h1-7H,9H2,(H,18,19). The van der Waals surface area contributed by atoms with Gasteiger partial charge < -0.3 is 9.67 Å². The van der Waals surface area contributed by atoms with Crippen LogP contribution in [0.3, 0.4) is 0 Å². The Kier molecular flexibility index (Phi) is 3.01. The maximum Gasteiger partial charge on any atom is 0.345 e. The van der Waals surface area contributed by atoms with E-state index >= 15 is 0 Å². The van der Waals surface area contributed by atoms with Gasteiger partial charge in [-0.15, -0.1) is 11.3 Å². The van der Waals surface area contributed by atoms with Crippen LogP contribution in [0.25, 0.3) is 10.9 Å². The third kappa shape index (κ3) is 2.06. The van der Waals surface area contributed by atoms with Gasteiger partial charge >= 0.3 is 5.97 Å². The van der Waals surface area contributed by atoms with Crippen molar-refractivity contribution in [1.82, 2.24) is 4.57 Å². The molecule has 1 aromatic carbocycles. The summed E-state index contributed by atoms with van der Waals surface area (Å²) in [5, 5.41) is 18.9. The van der Waals surface area contributed by atoms with Gasteiger partial charge in [-0.05, 0) is 30.3 Å². The molecule has 0 aliphatic carbocycles. The lowest BCUT2D eigenvalue weighted by molar-refractivity contribution is 0.0702. The van der Waals surface area contributed by atoms with E-state index in [0.29, 0.717) is 17.0 Å². The molecule has 0 bridgehead atoms. The lowest BCUT2D eigenvalue weighted by Crippen LogP contribution is -1.95. The monoisotopic (exact) mass is 282 g/mol. The van der Waals surface area contributed by atoms with Gasteiger partial charge in [-0.2, -0.15) is 5.26 Å². The normalized spacial score (nSPS) is 10.6. The van der Waals surface area contributed by atoms with E-state index in [-0.39, 0.29) is 0 Å². The first-order valence-electron chi connectivity index (χ1n) is 5.99. The summed E-state index contributed by atoms with van der Waals surface area (Å²) >= 11 is 1.27. The second-order valence-corrected chi connectivity index (χ2v) is 5.53. The highest BCUT2D eigenvalue weighted by Gasteiger charge is 2.09. The number of benzene rings is 1. The number of fused-ring (bicyclic) bond motifs is 1. The van der Waals surface area contributed by atoms with Crippen LogP contribution in [0.2, 0.25) is 0 Å². The second kappa shape index (κ2) is 4.83. The van der Waals surface area contributed by atoms with E-state index in [0.717, 1.165) is 15.8 Å². The number of hydrogen-bond donors (Lipinski definition) is 1. The summed E-state index contributed by atoms with van der Waals surface area (Å²) in [5.41, 5.74) is 1.63. The van der Waals surface area contributed by atoms with Gasteiger partial charge in [-0.25, -0.2) is 4.79 Å². The molecule has 0 amide bonds. The van der Waals surface area contributed by atoms with Crippen LogP contribution in [0.5, 0.6) is 0 Å². The molecule has 4 nitrogen and oxygen atoms in total. The van der Waals surface area contributed by atoms with Crippen LogP contribution in [0.15, 0.2) is 42.6 Å². The van der Waals surface area contributed by atoms with Crippen LogP contribution in [-0.2, 0) is 6.54 Å². The predicted molar refractivity (Wildman–Crippen MR) is 77.0 cm³/mol. The number of nitrogens with zero attached hydrogens (tertiary/aromatic N) is 2. The van der Waals surface area contributed by atoms with Crippen LogP contribution >= 0.6 is 11.3 Å². The van der Waals surface area contributed by atoms with E-state index in [2.05, 4.69) is 6.07 Å². The highest BCUT2D eigenvalue weighted by molar-refractivity contribution is 7.13. The molecule has 3 rings (SSSR count). The zero-order valence-corrected chi connectivity index (χ0v) is 11.2. The van der Waals surface area contributed by atoms with E-state index in [4.69, 9.17) is 10.4 Å². The van der Waals surface area contributed by atoms with Crippen LogP contribution in [-0.4, -0.2) is 15.6 Å². The second-order valence-electron chi connectivity index (χ2n) is 4.36. The largest absolute Gasteiger partial charge is 0.477 e. The van der Waals surface area contributed by atoms with Gasteiger partial charge in [-0.3, -0.25) is 0 Å². The highest BCUT2D eigenvalue weighted by atomic mass is 32.1. The van der Waals surface area contributed by atoms with Gasteiger partial charge in [0, 0.05) is 22.0 Å². The molecule has 0 spiro atoms. The fourth-order valence-corrected chi connectivity index (χ4v) is 3.05. The molecule has 2 heterocycles. The van der Waals surface area contributed by atoms with E-state index in [9.17, 15) is 4.79 Å². The van der Waals surface area contributed by atoms with Gasteiger partial charge in [0.05, 0.1) is 18.2 Å². The number of carboxylic acids is 1. The van der Waals surface area contributed by atoms with Gasteiger partial charge in [0.2, 0.25) is 0 Å². The maximum atomic E-state index is 10.9. The number of rotatable bonds is 3. The van der Waals surface area contributed by atoms with Crippen LogP contribution in [0, 0.1) is 11.3 Å². The molecule has 0 aliphatic rings. The number of carbonyl (C=O) groups is 1. The van der Waals surface area contributed by atoms with Crippen LogP contribution < -0.4 is 0 Å². The minimum absolute atomic E-state index is 0.342. The third-order valence-corrected chi connectivity index (χ3v) is 4.19. The molecule has 1 N–H and O–H groups in total. The molecule has 2 aromatic heterocycles. The van der Waals surface area contributed by atoms with Crippen molar-refractivity contribution >= 4 is 28.2 Å². The van der Waals surface area contributed by atoms with Crippen molar-refractivity contribution in [2.75, 3.05) is 0 Å². The summed E-state index contributed by atoms with van der Waals surface area (Å²) < 4.78 is 2.02. The molecule has 5 heteroatoms. The van der Waals surface area contributed by atoms with Crippen molar-refractivity contribution in [2.24, 2.45) is 0 Å². The smallest absolute Gasteiger partial charge is 0.345 e. The lowest BCUT2D eigenvalue weighted by atomic mass is 10.1. The molecule has 0 fully saturated rings. The fraction of sp³-hybridized carbons (Fsp3) is 0.0667. The minimum atomic E-state index is -0.898. The molecule has 0 saturated carbocycles. The van der Waals surface area contributed by atoms with Gasteiger partial charge in [0.25, 0.3) is 0 Å². The van der Waals surface area contributed by atoms with Crippen molar-refractivity contribution in [2.45, 2.75) is 6.54 Å². The zero-order valence-electron chi connectivity index (χ0n) is 10.4. The SMILES string of the molecule is N#Cc1cccc2c1ccn2Cc1ccc(C(=O)O)s1. The molecule has 98 valence electrons. The molecule has 0 radical (unpaired) electrons. The van der Waals surface area contributed by atoms with Gasteiger partial charge in [-0.1, -0.05) is 6.07 Å². The molecule has 0 atom stereocenters. The summed E-state index contributed by atoms with van der Waals surface area (Å²) in [5.74, 6) is -0.898. The summed E-state index contributed by atoms with van der Waals surface area (Å²) in [7, 11) is 0. The first kappa shape index (κ1) is 12.5. The quantitative estimate of drug-likeness (QED) is 0.801. The molecule has 20 heavy (non-hydrogen) atoms. The van der Waals surface area contributed by atoms with E-state index < -0.39 is 5.97 Å². The minimum Gasteiger partial charge on any atom is -0.477 e. The van der Waals surface area contributed by atoms with E-state index in [1.165, 1.54) is 11.3 Å². The first-order valence-corrected chi connectivity index (χ1v) is 6.80. The number of thiophene rings is 1. The van der Waals surface area contributed by atoms with Crippen molar-refractivity contribution in [1.29, 1.82) is 5.26 Å². The Labute approximate surface area is 119 Å². The maximum absolute atomic E-state index is 10.9. The Bertz CT molecular complexity index is 839. The molecule has 0 saturated heterocycles. The Morgan fingerprint density at radius 1 is 1.30 bits per heavy atom. The molecular formula is C15H10N2O2S. The molecule has 3 aromatic rings. The summed E-state index contributed by atoms with van der Waals surface area (Å²) in [6.07, 6.45) is 1.92. The van der Waals surface area contributed by atoms with Crippen molar-refractivity contribution in [3.63, 3.8) is 0 Å². The third-order valence-electron chi connectivity index (χ3n) is 3.13. The van der Waals surface area contributed by atoms with E-state index in [1.807, 2.05) is 35.0 Å². The average Bonchev–Trinajstić information content (AvgIpc) is 3.06. The van der Waals surface area contributed by atoms with Gasteiger partial charge in [0.15, 0.2) is 0 Å². The average molecular weight is 282 g/mol. The number of aromatic carboxylic acids is 1. The Morgan fingerprint density at radius 3 is 2.85 bits per heavy atom. The van der Waals surface area contributed by atoms with E-state index in [1.54, 1.807) is 12.1 Å². The van der Waals surface area contributed by atoms with Crippen LogP contribution in [0.1, 0.15) is 20.1 Å². The van der Waals surface area contributed by atoms with Gasteiger partial charge in [0.1, 0.15) is 4.88 Å². The predicted octanol–water partition coefficient (Wildman–Crippen LogP) is 3.32. The highest BCUT2D eigenvalue weighted by Crippen LogP contribution is 2.23. The number of nitriles is 1. The molecule has 0 unspecified atom stereocenters.